The van der Waals surface area contributed by atoms with Crippen LogP contribution in [0.4, 0.5) is 5.69 Å². The molecule has 0 radical (unpaired) electrons. The summed E-state index contributed by atoms with van der Waals surface area (Å²) in [5.41, 5.74) is 6.67. The molecule has 2 aromatic rings. The van der Waals surface area contributed by atoms with E-state index in [0.717, 1.165) is 5.56 Å². The van der Waals surface area contributed by atoms with Crippen molar-refractivity contribution in [2.24, 2.45) is 0 Å². The fourth-order valence-electron chi connectivity index (χ4n) is 2.13. The summed E-state index contributed by atoms with van der Waals surface area (Å²) in [6.45, 7) is 4.21. The molecule has 0 spiro atoms. The number of non-ortho nitro benzene ring substituents is 1. The van der Waals surface area contributed by atoms with Crippen molar-refractivity contribution in [2.45, 2.75) is 19.8 Å². The Bertz CT molecular complexity index is 825. The summed E-state index contributed by atoms with van der Waals surface area (Å²) in [6.07, 6.45) is 2.94. The normalized spacial score (nSPS) is 10.7. The molecular weight excluding hydrogens is 334 g/mol. The third kappa shape index (κ3) is 5.27. The zero-order chi connectivity index (χ0) is 19.1. The van der Waals surface area contributed by atoms with Gasteiger partial charge in [-0.3, -0.25) is 30.6 Å². The quantitative estimate of drug-likeness (QED) is 0.489. The average molecular weight is 353 g/mol. The molecule has 2 N–H and O–H groups in total. The van der Waals surface area contributed by atoms with Crippen molar-refractivity contribution < 1.29 is 14.5 Å². The Kier molecular flexibility index (Phi) is 6.21. The second-order valence-electron chi connectivity index (χ2n) is 5.90. The van der Waals surface area contributed by atoms with E-state index in [-0.39, 0.29) is 11.3 Å². The highest BCUT2D eigenvalue weighted by molar-refractivity contribution is 5.98. The van der Waals surface area contributed by atoms with Gasteiger partial charge in [-0.05, 0) is 35.3 Å². The molecule has 0 saturated heterocycles. The van der Waals surface area contributed by atoms with Gasteiger partial charge in [0.2, 0.25) is 0 Å². The van der Waals surface area contributed by atoms with Crippen LogP contribution in [-0.4, -0.2) is 16.7 Å². The average Bonchev–Trinajstić information content (AvgIpc) is 2.64. The molecule has 0 bridgehead atoms. The van der Waals surface area contributed by atoms with Crippen LogP contribution in [0.15, 0.2) is 54.6 Å². The van der Waals surface area contributed by atoms with Crippen molar-refractivity contribution in [3.63, 3.8) is 0 Å². The SMILES string of the molecule is CC(C)c1ccc(C=CC(=O)NNC(=O)c2ccc([N+](=O)[O-])cc2)cc1. The lowest BCUT2D eigenvalue weighted by Crippen LogP contribution is -2.40. The molecule has 0 aliphatic carbocycles. The first-order valence-electron chi connectivity index (χ1n) is 7.99. The highest BCUT2D eigenvalue weighted by atomic mass is 16.6. The van der Waals surface area contributed by atoms with Gasteiger partial charge in [0, 0.05) is 23.8 Å². The lowest BCUT2D eigenvalue weighted by molar-refractivity contribution is -0.384. The van der Waals surface area contributed by atoms with E-state index >= 15 is 0 Å². The van der Waals surface area contributed by atoms with Gasteiger partial charge in [0.1, 0.15) is 0 Å². The third-order valence-corrected chi connectivity index (χ3v) is 3.67. The number of carbonyl (C=O) groups is 2. The lowest BCUT2D eigenvalue weighted by Gasteiger charge is -2.06. The number of nitro groups is 1. The molecule has 2 rings (SSSR count). The van der Waals surface area contributed by atoms with Gasteiger partial charge >= 0.3 is 0 Å². The van der Waals surface area contributed by atoms with Crippen LogP contribution in [-0.2, 0) is 4.79 Å². The van der Waals surface area contributed by atoms with Crippen molar-refractivity contribution in [1.29, 1.82) is 0 Å². The molecule has 134 valence electrons. The minimum absolute atomic E-state index is 0.114. The van der Waals surface area contributed by atoms with E-state index in [0.29, 0.717) is 5.92 Å². The molecule has 0 fully saturated rings. The van der Waals surface area contributed by atoms with E-state index in [4.69, 9.17) is 0 Å². The smallest absolute Gasteiger partial charge is 0.268 e. The molecule has 0 aliphatic rings. The van der Waals surface area contributed by atoms with Crippen molar-refractivity contribution in [2.75, 3.05) is 0 Å². The summed E-state index contributed by atoms with van der Waals surface area (Å²) in [7, 11) is 0. The highest BCUT2D eigenvalue weighted by Crippen LogP contribution is 2.15. The van der Waals surface area contributed by atoms with Gasteiger partial charge in [0.15, 0.2) is 0 Å². The van der Waals surface area contributed by atoms with Gasteiger partial charge in [0.25, 0.3) is 17.5 Å². The molecule has 0 heterocycles. The summed E-state index contributed by atoms with van der Waals surface area (Å²) in [5.74, 6) is -0.623. The van der Waals surface area contributed by atoms with Crippen molar-refractivity contribution in [3.8, 4) is 0 Å². The molecule has 0 aliphatic heterocycles. The van der Waals surface area contributed by atoms with E-state index in [2.05, 4.69) is 24.7 Å². The first-order valence-corrected chi connectivity index (χ1v) is 7.99. The second-order valence-corrected chi connectivity index (χ2v) is 5.90. The third-order valence-electron chi connectivity index (χ3n) is 3.67. The van der Waals surface area contributed by atoms with Crippen molar-refractivity contribution >= 4 is 23.6 Å². The molecule has 26 heavy (non-hydrogen) atoms. The molecular formula is C19H19N3O4. The number of hydrogen-bond acceptors (Lipinski definition) is 4. The van der Waals surface area contributed by atoms with Crippen LogP contribution in [0.1, 0.15) is 41.3 Å². The summed E-state index contributed by atoms with van der Waals surface area (Å²) in [6, 6.07) is 12.9. The second kappa shape index (κ2) is 8.57. The number of nitrogens with zero attached hydrogens (tertiary/aromatic N) is 1. The predicted molar refractivity (Wildman–Crippen MR) is 98.3 cm³/mol. The maximum atomic E-state index is 11.9. The molecule has 2 amide bonds. The molecule has 0 aromatic heterocycles. The van der Waals surface area contributed by atoms with E-state index in [1.165, 1.54) is 35.9 Å². The van der Waals surface area contributed by atoms with Crippen LogP contribution >= 0.6 is 0 Å². The van der Waals surface area contributed by atoms with Gasteiger partial charge in [-0.2, -0.15) is 0 Å². The van der Waals surface area contributed by atoms with Gasteiger partial charge in [-0.1, -0.05) is 38.1 Å². The number of hydrogen-bond donors (Lipinski definition) is 2. The molecule has 7 nitrogen and oxygen atoms in total. The minimum atomic E-state index is -0.567. The summed E-state index contributed by atoms with van der Waals surface area (Å²) < 4.78 is 0. The monoisotopic (exact) mass is 353 g/mol. The molecule has 7 heteroatoms. The topological polar surface area (TPSA) is 101 Å². The zero-order valence-electron chi connectivity index (χ0n) is 14.4. The fraction of sp³-hybridized carbons (Fsp3) is 0.158. The number of benzene rings is 2. The number of rotatable bonds is 5. The first-order chi connectivity index (χ1) is 12.4. The lowest BCUT2D eigenvalue weighted by atomic mass is 10.0. The van der Waals surface area contributed by atoms with Gasteiger partial charge in [0.05, 0.1) is 4.92 Å². The fourth-order valence-corrected chi connectivity index (χ4v) is 2.13. The first kappa shape index (κ1) is 18.9. The van der Waals surface area contributed by atoms with Crippen LogP contribution in [0, 0.1) is 10.1 Å². The van der Waals surface area contributed by atoms with Crippen LogP contribution < -0.4 is 10.9 Å². The minimum Gasteiger partial charge on any atom is -0.268 e. The van der Waals surface area contributed by atoms with Crippen molar-refractivity contribution in [1.82, 2.24) is 10.9 Å². The number of nitrogens with one attached hydrogen (secondary N) is 2. The predicted octanol–water partition coefficient (Wildman–Crippen LogP) is 3.19. The molecule has 0 atom stereocenters. The van der Waals surface area contributed by atoms with Crippen molar-refractivity contribution in [3.05, 3.63) is 81.4 Å². The number of carbonyl (C=O) groups excluding carboxylic acids is 2. The Morgan fingerprint density at radius 3 is 2.15 bits per heavy atom. The van der Waals surface area contributed by atoms with E-state index < -0.39 is 16.7 Å². The molecule has 0 saturated carbocycles. The molecule has 2 aromatic carbocycles. The summed E-state index contributed by atoms with van der Waals surface area (Å²) >= 11 is 0. The zero-order valence-corrected chi connectivity index (χ0v) is 14.4. The Labute approximate surface area is 150 Å². The van der Waals surface area contributed by atoms with E-state index in [1.54, 1.807) is 6.08 Å². The van der Waals surface area contributed by atoms with Crippen LogP contribution in [0.5, 0.6) is 0 Å². The maximum Gasteiger partial charge on any atom is 0.269 e. The Balaban J connectivity index is 1.87. The maximum absolute atomic E-state index is 11.9. The van der Waals surface area contributed by atoms with Crippen LogP contribution in [0.25, 0.3) is 6.08 Å². The number of amides is 2. The van der Waals surface area contributed by atoms with E-state index in [9.17, 15) is 19.7 Å². The van der Waals surface area contributed by atoms with Gasteiger partial charge in [-0.15, -0.1) is 0 Å². The van der Waals surface area contributed by atoms with Crippen LogP contribution in [0.2, 0.25) is 0 Å². The standard InChI is InChI=1S/C19H19N3O4/c1-13(2)15-6-3-14(4-7-15)5-12-18(23)20-21-19(24)16-8-10-17(11-9-16)22(25)26/h3-13H,1-2H3,(H,20,23)(H,21,24). The highest BCUT2D eigenvalue weighted by Gasteiger charge is 2.09. The van der Waals surface area contributed by atoms with Crippen LogP contribution in [0.3, 0.4) is 0 Å². The Morgan fingerprint density at radius 1 is 1.00 bits per heavy atom. The number of hydrazine groups is 1. The summed E-state index contributed by atoms with van der Waals surface area (Å²) in [4.78, 5) is 33.7. The van der Waals surface area contributed by atoms with Gasteiger partial charge < -0.3 is 0 Å². The Morgan fingerprint density at radius 2 is 1.62 bits per heavy atom. The van der Waals surface area contributed by atoms with E-state index in [1.807, 2.05) is 24.3 Å². The van der Waals surface area contributed by atoms with Gasteiger partial charge in [-0.25, -0.2) is 0 Å². The Hall–Kier alpha value is -3.48. The largest absolute Gasteiger partial charge is 0.269 e. The molecule has 0 unspecified atom stereocenters. The number of nitro benzene ring substituents is 1. The summed E-state index contributed by atoms with van der Waals surface area (Å²) in [5, 5.41) is 10.6.